The van der Waals surface area contributed by atoms with Crippen LogP contribution in [0.25, 0.3) is 0 Å². The van der Waals surface area contributed by atoms with Crippen LogP contribution in [-0.2, 0) is 9.53 Å². The van der Waals surface area contributed by atoms with E-state index in [4.69, 9.17) is 4.74 Å². The van der Waals surface area contributed by atoms with E-state index in [0.29, 0.717) is 11.8 Å². The lowest BCUT2D eigenvalue weighted by molar-refractivity contribution is -0.120. The minimum atomic E-state index is -0.376. The minimum absolute atomic E-state index is 0.0155. The molecule has 1 aliphatic heterocycles. The Bertz CT molecular complexity index is 379. The van der Waals surface area contributed by atoms with Gasteiger partial charge in [-0.05, 0) is 32.4 Å². The van der Waals surface area contributed by atoms with Gasteiger partial charge in [-0.2, -0.15) is 0 Å². The highest BCUT2D eigenvalue weighted by molar-refractivity contribution is 5.73. The second-order valence-corrected chi connectivity index (χ2v) is 7.13. The summed E-state index contributed by atoms with van der Waals surface area (Å²) in [5, 5.41) is 3.13. The zero-order valence-electron chi connectivity index (χ0n) is 14.6. The first-order valence-electron chi connectivity index (χ1n) is 7.90. The van der Waals surface area contributed by atoms with Crippen LogP contribution >= 0.6 is 0 Å². The van der Waals surface area contributed by atoms with Gasteiger partial charge < -0.3 is 10.1 Å². The molecule has 0 aromatic heterocycles. The third-order valence-electron chi connectivity index (χ3n) is 4.42. The van der Waals surface area contributed by atoms with Crippen molar-refractivity contribution in [3.63, 3.8) is 0 Å². The molecule has 0 saturated carbocycles. The number of carbonyl (C=O) groups excluding carboxylic acids is 1. The van der Waals surface area contributed by atoms with Gasteiger partial charge in [-0.25, -0.2) is 0 Å². The van der Waals surface area contributed by atoms with E-state index in [1.54, 1.807) is 6.92 Å². The van der Waals surface area contributed by atoms with Gasteiger partial charge in [0.25, 0.3) is 0 Å². The number of nitrogens with one attached hydrogen (secondary N) is 1. The maximum absolute atomic E-state index is 11.7. The van der Waals surface area contributed by atoms with Crippen LogP contribution in [0.15, 0.2) is 12.7 Å². The SMILES string of the molecule is C=C[C@]1(N(C)C)[C@H](C(C)C)O[C@H](CC(C)C)[C@@H]1NC(C)=O. The number of carbonyl (C=O) groups is 1. The Morgan fingerprint density at radius 2 is 1.95 bits per heavy atom. The molecule has 0 aromatic rings. The van der Waals surface area contributed by atoms with E-state index in [1.165, 1.54) is 0 Å². The highest BCUT2D eigenvalue weighted by atomic mass is 16.5. The molecule has 1 saturated heterocycles. The topological polar surface area (TPSA) is 41.6 Å². The molecule has 0 radical (unpaired) electrons. The number of ether oxygens (including phenoxy) is 1. The first-order valence-corrected chi connectivity index (χ1v) is 7.90. The van der Waals surface area contributed by atoms with Crippen molar-refractivity contribution in [3.05, 3.63) is 12.7 Å². The average Bonchev–Trinajstić information content (AvgIpc) is 2.63. The Morgan fingerprint density at radius 3 is 2.29 bits per heavy atom. The summed E-state index contributed by atoms with van der Waals surface area (Å²) in [7, 11) is 4.07. The van der Waals surface area contributed by atoms with Crippen molar-refractivity contribution >= 4 is 5.91 Å². The summed E-state index contributed by atoms with van der Waals surface area (Å²) in [6.45, 7) is 14.3. The van der Waals surface area contributed by atoms with E-state index < -0.39 is 0 Å². The first kappa shape index (κ1) is 18.2. The zero-order chi connectivity index (χ0) is 16.4. The van der Waals surface area contributed by atoms with Crippen LogP contribution in [0.1, 0.15) is 41.0 Å². The van der Waals surface area contributed by atoms with Crippen LogP contribution in [0.5, 0.6) is 0 Å². The van der Waals surface area contributed by atoms with Crippen LogP contribution in [0.3, 0.4) is 0 Å². The third kappa shape index (κ3) is 3.49. The molecule has 0 unspecified atom stereocenters. The summed E-state index contributed by atoms with van der Waals surface area (Å²) in [5.41, 5.74) is -0.376. The molecule has 21 heavy (non-hydrogen) atoms. The molecule has 0 spiro atoms. The lowest BCUT2D eigenvalue weighted by Gasteiger charge is -2.43. The van der Waals surface area contributed by atoms with Crippen LogP contribution in [-0.4, -0.2) is 48.7 Å². The molecule has 0 aromatic carbocycles. The Labute approximate surface area is 129 Å². The van der Waals surface area contributed by atoms with Gasteiger partial charge in [-0.15, -0.1) is 6.58 Å². The van der Waals surface area contributed by atoms with Crippen LogP contribution in [0, 0.1) is 11.8 Å². The van der Waals surface area contributed by atoms with Crippen molar-refractivity contribution in [2.75, 3.05) is 14.1 Å². The van der Waals surface area contributed by atoms with Crippen LogP contribution < -0.4 is 5.32 Å². The summed E-state index contributed by atoms with van der Waals surface area (Å²) in [5.74, 6) is 0.843. The van der Waals surface area contributed by atoms with Crippen molar-refractivity contribution in [1.82, 2.24) is 10.2 Å². The molecule has 1 fully saturated rings. The Kier molecular flexibility index (Phi) is 6.00. The molecule has 4 nitrogen and oxygen atoms in total. The number of likely N-dealkylation sites (N-methyl/N-ethyl adjacent to an activating group) is 1. The van der Waals surface area contributed by atoms with E-state index in [1.807, 2.05) is 20.2 Å². The van der Waals surface area contributed by atoms with E-state index in [-0.39, 0.29) is 29.7 Å². The van der Waals surface area contributed by atoms with E-state index in [0.717, 1.165) is 6.42 Å². The monoisotopic (exact) mass is 296 g/mol. The lowest BCUT2D eigenvalue weighted by atomic mass is 9.78. The molecule has 122 valence electrons. The number of rotatable bonds is 6. The fourth-order valence-electron chi connectivity index (χ4n) is 3.58. The number of nitrogens with zero attached hydrogens (tertiary/aromatic N) is 1. The smallest absolute Gasteiger partial charge is 0.217 e. The molecule has 1 aliphatic rings. The predicted octanol–water partition coefficient (Wildman–Crippen LogP) is 2.45. The molecular weight excluding hydrogens is 264 g/mol. The summed E-state index contributed by atoms with van der Waals surface area (Å²) in [4.78, 5) is 13.9. The van der Waals surface area contributed by atoms with Gasteiger partial charge in [0.1, 0.15) is 0 Å². The van der Waals surface area contributed by atoms with Gasteiger partial charge >= 0.3 is 0 Å². The summed E-state index contributed by atoms with van der Waals surface area (Å²) < 4.78 is 6.39. The number of hydrogen-bond acceptors (Lipinski definition) is 3. The molecule has 1 N–H and O–H groups in total. The Hall–Kier alpha value is -0.870. The van der Waals surface area contributed by atoms with Gasteiger partial charge in [0.15, 0.2) is 0 Å². The van der Waals surface area contributed by atoms with Gasteiger partial charge in [-0.3, -0.25) is 9.69 Å². The van der Waals surface area contributed by atoms with Gasteiger partial charge in [0.2, 0.25) is 5.91 Å². The molecule has 1 heterocycles. The number of hydrogen-bond donors (Lipinski definition) is 1. The van der Waals surface area contributed by atoms with Crippen molar-refractivity contribution in [3.8, 4) is 0 Å². The number of amides is 1. The average molecular weight is 296 g/mol. The molecule has 4 atom stereocenters. The molecule has 0 bridgehead atoms. The second kappa shape index (κ2) is 6.93. The fourth-order valence-corrected chi connectivity index (χ4v) is 3.58. The normalized spacial score (nSPS) is 33.0. The van der Waals surface area contributed by atoms with Gasteiger partial charge in [-0.1, -0.05) is 33.8 Å². The van der Waals surface area contributed by atoms with E-state index >= 15 is 0 Å². The highest BCUT2D eigenvalue weighted by Gasteiger charge is 2.57. The van der Waals surface area contributed by atoms with E-state index in [2.05, 4.69) is 44.5 Å². The maximum atomic E-state index is 11.7. The third-order valence-corrected chi connectivity index (χ3v) is 4.42. The Balaban J connectivity index is 3.27. The van der Waals surface area contributed by atoms with Gasteiger partial charge in [0, 0.05) is 6.92 Å². The molecular formula is C17H32N2O2. The van der Waals surface area contributed by atoms with Crippen molar-refractivity contribution in [1.29, 1.82) is 0 Å². The maximum Gasteiger partial charge on any atom is 0.217 e. The lowest BCUT2D eigenvalue weighted by Crippen LogP contribution is -2.63. The summed E-state index contributed by atoms with van der Waals surface area (Å²) >= 11 is 0. The zero-order valence-corrected chi connectivity index (χ0v) is 14.6. The first-order chi connectivity index (χ1) is 9.66. The van der Waals surface area contributed by atoms with Crippen LogP contribution in [0.2, 0.25) is 0 Å². The summed E-state index contributed by atoms with van der Waals surface area (Å²) in [6.07, 6.45) is 2.92. The Morgan fingerprint density at radius 1 is 1.38 bits per heavy atom. The molecule has 1 rings (SSSR count). The molecule has 1 amide bonds. The highest BCUT2D eigenvalue weighted by Crippen LogP contribution is 2.41. The summed E-state index contributed by atoms with van der Waals surface area (Å²) in [6, 6.07) is -0.0719. The van der Waals surface area contributed by atoms with Crippen LogP contribution in [0.4, 0.5) is 0 Å². The fraction of sp³-hybridized carbons (Fsp3) is 0.824. The second-order valence-electron chi connectivity index (χ2n) is 7.13. The van der Waals surface area contributed by atoms with Crippen molar-refractivity contribution in [2.45, 2.75) is 64.8 Å². The molecule has 4 heteroatoms. The van der Waals surface area contributed by atoms with Gasteiger partial charge in [0.05, 0.1) is 23.8 Å². The quantitative estimate of drug-likeness (QED) is 0.766. The minimum Gasteiger partial charge on any atom is -0.370 e. The van der Waals surface area contributed by atoms with Crippen molar-refractivity contribution < 1.29 is 9.53 Å². The molecule has 0 aliphatic carbocycles. The largest absolute Gasteiger partial charge is 0.370 e. The van der Waals surface area contributed by atoms with E-state index in [9.17, 15) is 4.79 Å². The standard InChI is InChI=1S/C17H32N2O2/c1-9-17(19(7)8)15(18-13(6)20)14(10-11(2)3)21-16(17)12(4)5/h9,11-12,14-16H,1,10H2,2-8H3,(H,18,20)/t14-,15+,16+,17-/m1/s1. The van der Waals surface area contributed by atoms with Crippen molar-refractivity contribution in [2.24, 2.45) is 11.8 Å². The predicted molar refractivity (Wildman–Crippen MR) is 87.2 cm³/mol.